The maximum absolute atomic E-state index is 13.7. The second-order valence-corrected chi connectivity index (χ2v) is 7.69. The van der Waals surface area contributed by atoms with Gasteiger partial charge in [0, 0.05) is 24.2 Å². The first-order valence-electron chi connectivity index (χ1n) is 10.1. The lowest BCUT2D eigenvalue weighted by atomic mass is 10.2. The van der Waals surface area contributed by atoms with Crippen LogP contribution in [0.1, 0.15) is 31.3 Å². The molecule has 0 saturated carbocycles. The third kappa shape index (κ3) is 5.67. The van der Waals surface area contributed by atoms with E-state index in [4.69, 9.17) is 9.47 Å². The maximum Gasteiger partial charge on any atom is 0.260 e. The van der Waals surface area contributed by atoms with Crippen LogP contribution in [0.4, 0.5) is 22.0 Å². The van der Waals surface area contributed by atoms with Crippen molar-refractivity contribution >= 4 is 5.91 Å². The zero-order valence-corrected chi connectivity index (χ0v) is 18.1. The number of hydrogen-bond donors (Lipinski definition) is 0. The van der Waals surface area contributed by atoms with Gasteiger partial charge in [-0.05, 0) is 6.92 Å². The van der Waals surface area contributed by atoms with Gasteiger partial charge in [0.15, 0.2) is 12.4 Å². The summed E-state index contributed by atoms with van der Waals surface area (Å²) in [6.45, 7) is 5.22. The molecule has 0 radical (unpaired) electrons. The molecule has 1 aromatic heterocycles. The minimum absolute atomic E-state index is 0.0657. The summed E-state index contributed by atoms with van der Waals surface area (Å²) in [6, 6.07) is 1.66. The number of hydrogen-bond acceptors (Lipinski definition) is 6. The number of halogens is 5. The molecule has 1 aliphatic rings. The molecule has 0 N–H and O–H groups in total. The number of aryl methyl sites for hydroxylation is 1. The molecule has 0 bridgehead atoms. The summed E-state index contributed by atoms with van der Waals surface area (Å²) in [7, 11) is 0. The molecule has 1 unspecified atom stereocenters. The number of ether oxygens (including phenoxy) is 3. The first-order chi connectivity index (χ1) is 15.6. The second kappa shape index (κ2) is 10.3. The molecular weight excluding hydrogens is 453 g/mol. The Balaban J connectivity index is 1.58. The van der Waals surface area contributed by atoms with Gasteiger partial charge in [-0.25, -0.2) is 18.2 Å². The smallest absolute Gasteiger partial charge is 0.260 e. The van der Waals surface area contributed by atoms with Crippen molar-refractivity contribution in [3.8, 4) is 11.6 Å². The number of nitrogens with zero attached hydrogens (tertiary/aromatic N) is 3. The highest BCUT2D eigenvalue weighted by Gasteiger charge is 2.29. The molecular formula is C21H22F5N3O4. The van der Waals surface area contributed by atoms with E-state index >= 15 is 0 Å². The first-order valence-corrected chi connectivity index (χ1v) is 10.1. The summed E-state index contributed by atoms with van der Waals surface area (Å²) in [6.07, 6.45) is -0.533. The molecule has 180 valence electrons. The number of benzene rings is 1. The lowest BCUT2D eigenvalue weighted by Gasteiger charge is -2.32. The van der Waals surface area contributed by atoms with Gasteiger partial charge in [0.1, 0.15) is 18.5 Å². The van der Waals surface area contributed by atoms with Crippen LogP contribution in [-0.2, 0) is 9.53 Å². The average Bonchev–Trinajstić information content (AvgIpc) is 2.79. The van der Waals surface area contributed by atoms with Crippen LogP contribution in [0.2, 0.25) is 0 Å². The number of carbonyl (C=O) groups excluding carboxylic acids is 1. The van der Waals surface area contributed by atoms with Crippen molar-refractivity contribution in [2.75, 3.05) is 32.9 Å². The Hall–Kier alpha value is -3.02. The molecule has 1 saturated heterocycles. The quantitative estimate of drug-likeness (QED) is 0.348. The number of morpholine rings is 1. The number of amides is 1. The summed E-state index contributed by atoms with van der Waals surface area (Å²) in [5.41, 5.74) is 0.732. The van der Waals surface area contributed by atoms with E-state index in [1.165, 1.54) is 4.90 Å². The van der Waals surface area contributed by atoms with Crippen molar-refractivity contribution in [1.82, 2.24) is 14.9 Å². The van der Waals surface area contributed by atoms with Gasteiger partial charge in [-0.1, -0.05) is 13.8 Å². The molecule has 7 nitrogen and oxygen atoms in total. The van der Waals surface area contributed by atoms with Gasteiger partial charge >= 0.3 is 0 Å². The van der Waals surface area contributed by atoms with Crippen molar-refractivity contribution in [2.45, 2.75) is 32.8 Å². The van der Waals surface area contributed by atoms with Crippen LogP contribution in [-0.4, -0.2) is 59.8 Å². The summed E-state index contributed by atoms with van der Waals surface area (Å²) in [5.74, 6) is -12.0. The largest absolute Gasteiger partial charge is 0.477 e. The van der Waals surface area contributed by atoms with E-state index in [2.05, 4.69) is 14.7 Å². The van der Waals surface area contributed by atoms with Gasteiger partial charge in [0.2, 0.25) is 35.0 Å². The molecule has 2 aromatic rings. The van der Waals surface area contributed by atoms with Crippen molar-refractivity contribution in [3.63, 3.8) is 0 Å². The molecule has 3 rings (SSSR count). The van der Waals surface area contributed by atoms with Gasteiger partial charge in [0.25, 0.3) is 5.91 Å². The fourth-order valence-electron chi connectivity index (χ4n) is 3.06. The highest BCUT2D eigenvalue weighted by atomic mass is 19.2. The van der Waals surface area contributed by atoms with Gasteiger partial charge in [-0.3, -0.25) is 4.79 Å². The van der Waals surface area contributed by atoms with Crippen LogP contribution < -0.4 is 9.47 Å². The Labute approximate surface area is 186 Å². The first kappa shape index (κ1) is 24.6. The van der Waals surface area contributed by atoms with Crippen molar-refractivity contribution in [1.29, 1.82) is 0 Å². The zero-order valence-electron chi connectivity index (χ0n) is 18.1. The Morgan fingerprint density at radius 2 is 1.73 bits per heavy atom. The third-order valence-electron chi connectivity index (χ3n) is 4.78. The predicted molar refractivity (Wildman–Crippen MR) is 104 cm³/mol. The molecule has 2 heterocycles. The van der Waals surface area contributed by atoms with E-state index in [1.807, 2.05) is 20.8 Å². The van der Waals surface area contributed by atoms with E-state index in [1.54, 1.807) is 6.07 Å². The molecule has 0 aliphatic carbocycles. The minimum Gasteiger partial charge on any atom is -0.477 e. The summed E-state index contributed by atoms with van der Waals surface area (Å²) < 4.78 is 83.0. The second-order valence-electron chi connectivity index (χ2n) is 7.69. The van der Waals surface area contributed by atoms with Crippen molar-refractivity contribution < 1.29 is 41.0 Å². The van der Waals surface area contributed by atoms with Crippen LogP contribution in [0.5, 0.6) is 11.6 Å². The lowest BCUT2D eigenvalue weighted by molar-refractivity contribution is -0.142. The summed E-state index contributed by atoms with van der Waals surface area (Å²) in [4.78, 5) is 22.3. The maximum atomic E-state index is 13.7. The molecule has 1 amide bonds. The number of rotatable bonds is 7. The van der Waals surface area contributed by atoms with Gasteiger partial charge in [-0.15, -0.1) is 0 Å². The third-order valence-corrected chi connectivity index (χ3v) is 4.78. The Kier molecular flexibility index (Phi) is 7.67. The standard InChI is InChI=1S/C21H22F5N3O4/c1-10(2)21-27-11(3)6-13(28-21)32-8-12-7-29(4-5-31-12)14(30)9-33-20-18(25)16(23)15(22)17(24)19(20)26/h6,10,12H,4-5,7-9H2,1-3H3. The van der Waals surface area contributed by atoms with E-state index in [0.717, 1.165) is 5.69 Å². The molecule has 1 atom stereocenters. The normalized spacial score (nSPS) is 16.3. The van der Waals surface area contributed by atoms with Crippen LogP contribution in [0.3, 0.4) is 0 Å². The van der Waals surface area contributed by atoms with E-state index in [-0.39, 0.29) is 32.2 Å². The predicted octanol–water partition coefficient (Wildman–Crippen LogP) is 3.29. The monoisotopic (exact) mass is 475 g/mol. The fourth-order valence-corrected chi connectivity index (χ4v) is 3.06. The SMILES string of the molecule is Cc1cc(OCC2CN(C(=O)COc3c(F)c(F)c(F)c(F)c3F)CCO2)nc(C(C)C)n1. The molecule has 0 spiro atoms. The van der Waals surface area contributed by atoms with Crippen molar-refractivity contribution in [3.05, 3.63) is 46.7 Å². The van der Waals surface area contributed by atoms with E-state index in [9.17, 15) is 26.7 Å². The van der Waals surface area contributed by atoms with Crippen molar-refractivity contribution in [2.24, 2.45) is 0 Å². The molecule has 1 aliphatic heterocycles. The minimum atomic E-state index is -2.31. The molecule has 1 fully saturated rings. The topological polar surface area (TPSA) is 73.8 Å². The Bertz CT molecular complexity index is 1010. The highest BCUT2D eigenvalue weighted by Crippen LogP contribution is 2.29. The Morgan fingerprint density at radius 1 is 1.09 bits per heavy atom. The number of aromatic nitrogens is 2. The Morgan fingerprint density at radius 3 is 2.36 bits per heavy atom. The van der Waals surface area contributed by atoms with E-state index in [0.29, 0.717) is 11.7 Å². The van der Waals surface area contributed by atoms with Gasteiger partial charge in [-0.2, -0.15) is 13.8 Å². The lowest BCUT2D eigenvalue weighted by Crippen LogP contribution is -2.49. The average molecular weight is 475 g/mol. The zero-order chi connectivity index (χ0) is 24.3. The number of carbonyl (C=O) groups is 1. The van der Waals surface area contributed by atoms with Gasteiger partial charge in [0.05, 0.1) is 13.2 Å². The van der Waals surface area contributed by atoms with Crippen LogP contribution in [0.25, 0.3) is 0 Å². The molecule has 33 heavy (non-hydrogen) atoms. The fraction of sp³-hybridized carbons (Fsp3) is 0.476. The summed E-state index contributed by atoms with van der Waals surface area (Å²) in [5, 5.41) is 0. The molecule has 1 aromatic carbocycles. The summed E-state index contributed by atoms with van der Waals surface area (Å²) >= 11 is 0. The molecule has 12 heteroatoms. The van der Waals surface area contributed by atoms with Crippen LogP contribution in [0, 0.1) is 36.0 Å². The van der Waals surface area contributed by atoms with Crippen LogP contribution >= 0.6 is 0 Å². The van der Waals surface area contributed by atoms with Gasteiger partial charge < -0.3 is 19.1 Å². The van der Waals surface area contributed by atoms with Crippen LogP contribution in [0.15, 0.2) is 6.07 Å². The van der Waals surface area contributed by atoms with E-state index < -0.39 is 53.5 Å². The highest BCUT2D eigenvalue weighted by molar-refractivity contribution is 5.78.